The first kappa shape index (κ1) is 15.5. The van der Waals surface area contributed by atoms with Gasteiger partial charge in [-0.2, -0.15) is 5.10 Å². The summed E-state index contributed by atoms with van der Waals surface area (Å²) in [6, 6.07) is 0. The molecule has 116 valence electrons. The molecular weight excluding hydrogens is 270 g/mol. The van der Waals surface area contributed by atoms with Gasteiger partial charge in [0.25, 0.3) is 0 Å². The highest BCUT2D eigenvalue weighted by atomic mass is 16.6. The van der Waals surface area contributed by atoms with Crippen molar-refractivity contribution in [1.82, 2.24) is 14.7 Å². The summed E-state index contributed by atoms with van der Waals surface area (Å²) in [4.78, 5) is 25.0. The largest absolute Gasteiger partial charge is 0.444 e. The van der Waals surface area contributed by atoms with E-state index in [1.54, 1.807) is 9.58 Å². The Morgan fingerprint density at radius 2 is 2.05 bits per heavy atom. The van der Waals surface area contributed by atoms with Gasteiger partial charge < -0.3 is 4.74 Å². The van der Waals surface area contributed by atoms with E-state index in [1.165, 1.54) is 0 Å². The summed E-state index contributed by atoms with van der Waals surface area (Å²) < 4.78 is 7.10. The van der Waals surface area contributed by atoms with Crippen LogP contribution in [0.1, 0.15) is 56.4 Å². The second-order valence-electron chi connectivity index (χ2n) is 6.84. The van der Waals surface area contributed by atoms with Gasteiger partial charge in [-0.05, 0) is 26.7 Å². The number of rotatable bonds is 3. The zero-order valence-electron chi connectivity index (χ0n) is 13.3. The molecule has 0 N–H and O–H groups in total. The second-order valence-corrected chi connectivity index (χ2v) is 6.84. The molecule has 1 aromatic heterocycles. The Kier molecular flexibility index (Phi) is 4.07. The van der Waals surface area contributed by atoms with Crippen LogP contribution in [0.4, 0.5) is 4.79 Å². The molecule has 0 unspecified atom stereocenters. The van der Waals surface area contributed by atoms with Gasteiger partial charge >= 0.3 is 6.09 Å². The molecule has 1 amide bonds. The second kappa shape index (κ2) is 5.50. The number of hydrogen-bond donors (Lipinski definition) is 0. The van der Waals surface area contributed by atoms with Gasteiger partial charge in [-0.1, -0.05) is 13.8 Å². The molecule has 2 heterocycles. The molecule has 2 rings (SSSR count). The van der Waals surface area contributed by atoms with Crippen LogP contribution in [0, 0.1) is 5.92 Å². The van der Waals surface area contributed by atoms with Crippen molar-refractivity contribution in [3.63, 3.8) is 0 Å². The number of carbonyl (C=O) groups excluding carboxylic acids is 2. The summed E-state index contributed by atoms with van der Waals surface area (Å²) >= 11 is 0. The number of fused-ring (bicyclic) bond motifs is 1. The van der Waals surface area contributed by atoms with Gasteiger partial charge in [-0.3, -0.25) is 14.4 Å². The van der Waals surface area contributed by atoms with Crippen molar-refractivity contribution in [2.75, 3.05) is 0 Å². The molecule has 0 aromatic carbocycles. The lowest BCUT2D eigenvalue weighted by molar-refractivity contribution is 0.0238. The highest BCUT2D eigenvalue weighted by Crippen LogP contribution is 2.26. The molecule has 1 aromatic rings. The average Bonchev–Trinajstić information content (AvgIpc) is 2.82. The zero-order chi connectivity index (χ0) is 15.8. The van der Waals surface area contributed by atoms with Crippen molar-refractivity contribution in [3.8, 4) is 0 Å². The van der Waals surface area contributed by atoms with E-state index in [4.69, 9.17) is 4.74 Å². The molecule has 0 spiro atoms. The Balaban J connectivity index is 2.15. The Hall–Kier alpha value is -1.85. The van der Waals surface area contributed by atoms with Gasteiger partial charge in [0.05, 0.1) is 18.8 Å². The van der Waals surface area contributed by atoms with Crippen molar-refractivity contribution in [2.45, 2.75) is 59.9 Å². The first-order chi connectivity index (χ1) is 9.71. The van der Waals surface area contributed by atoms with Gasteiger partial charge in [0.2, 0.25) is 0 Å². The van der Waals surface area contributed by atoms with Gasteiger partial charge in [0.1, 0.15) is 11.3 Å². The van der Waals surface area contributed by atoms with E-state index in [0.29, 0.717) is 31.2 Å². The minimum atomic E-state index is -0.526. The van der Waals surface area contributed by atoms with Gasteiger partial charge in [-0.15, -0.1) is 0 Å². The molecule has 0 fully saturated rings. The summed E-state index contributed by atoms with van der Waals surface area (Å²) in [5.74, 6) is 0.408. The Morgan fingerprint density at radius 3 is 2.57 bits per heavy atom. The predicted molar refractivity (Wildman–Crippen MR) is 77.9 cm³/mol. The summed E-state index contributed by atoms with van der Waals surface area (Å²) in [5, 5.41) is 4.47. The number of nitrogens with zero attached hydrogens (tertiary/aromatic N) is 3. The first-order valence-corrected chi connectivity index (χ1v) is 7.23. The van der Waals surface area contributed by atoms with Crippen LogP contribution >= 0.6 is 0 Å². The zero-order valence-corrected chi connectivity index (χ0v) is 13.3. The molecule has 1 aliphatic rings. The van der Waals surface area contributed by atoms with Crippen LogP contribution in [-0.2, 0) is 24.4 Å². The monoisotopic (exact) mass is 293 g/mol. The maximum Gasteiger partial charge on any atom is 0.410 e. The fourth-order valence-electron chi connectivity index (χ4n) is 2.36. The number of carbonyl (C=O) groups is 2. The van der Waals surface area contributed by atoms with Crippen LogP contribution in [0.5, 0.6) is 0 Å². The first-order valence-electron chi connectivity index (χ1n) is 7.23. The number of hydrogen-bond acceptors (Lipinski definition) is 4. The highest BCUT2D eigenvalue weighted by molar-refractivity contribution is 5.77. The predicted octanol–water partition coefficient (Wildman–Crippen LogP) is 2.60. The lowest BCUT2D eigenvalue weighted by Gasteiger charge is -2.24. The van der Waals surface area contributed by atoms with E-state index in [9.17, 15) is 9.59 Å². The highest BCUT2D eigenvalue weighted by Gasteiger charge is 2.32. The topological polar surface area (TPSA) is 64.4 Å². The van der Waals surface area contributed by atoms with E-state index in [-0.39, 0.29) is 6.09 Å². The molecule has 0 saturated carbocycles. The summed E-state index contributed by atoms with van der Waals surface area (Å²) in [5.41, 5.74) is 1.69. The van der Waals surface area contributed by atoms with E-state index < -0.39 is 5.60 Å². The van der Waals surface area contributed by atoms with Crippen molar-refractivity contribution in [3.05, 3.63) is 17.0 Å². The molecule has 0 radical (unpaired) electrons. The maximum atomic E-state index is 12.1. The fourth-order valence-corrected chi connectivity index (χ4v) is 2.36. The molecule has 0 saturated heterocycles. The molecule has 0 aliphatic carbocycles. The quantitative estimate of drug-likeness (QED) is 0.804. The van der Waals surface area contributed by atoms with Crippen LogP contribution in [0.25, 0.3) is 0 Å². The van der Waals surface area contributed by atoms with Crippen LogP contribution < -0.4 is 0 Å². The normalized spacial score (nSPS) is 14.5. The fraction of sp³-hybridized carbons (Fsp3) is 0.667. The number of amides is 1. The molecular formula is C15H23N3O3. The minimum Gasteiger partial charge on any atom is -0.444 e. The lowest BCUT2D eigenvalue weighted by atomic mass is 10.2. The summed E-state index contributed by atoms with van der Waals surface area (Å²) in [6.45, 7) is 11.1. The van der Waals surface area contributed by atoms with Crippen LogP contribution in [0.2, 0.25) is 0 Å². The minimum absolute atomic E-state index is 0.368. The smallest absolute Gasteiger partial charge is 0.410 e. The molecule has 1 aliphatic heterocycles. The van der Waals surface area contributed by atoms with Gasteiger partial charge in [0.15, 0.2) is 6.29 Å². The van der Waals surface area contributed by atoms with E-state index >= 15 is 0 Å². The lowest BCUT2D eigenvalue weighted by Crippen LogP contribution is -2.33. The third-order valence-electron chi connectivity index (χ3n) is 3.17. The van der Waals surface area contributed by atoms with Crippen LogP contribution in [0.15, 0.2) is 0 Å². The van der Waals surface area contributed by atoms with E-state index in [2.05, 4.69) is 18.9 Å². The van der Waals surface area contributed by atoms with Crippen molar-refractivity contribution >= 4 is 12.4 Å². The maximum absolute atomic E-state index is 12.1. The van der Waals surface area contributed by atoms with E-state index in [0.717, 1.165) is 17.5 Å². The molecule has 6 nitrogen and oxygen atoms in total. The molecule has 21 heavy (non-hydrogen) atoms. The van der Waals surface area contributed by atoms with Crippen LogP contribution in [0.3, 0.4) is 0 Å². The van der Waals surface area contributed by atoms with Crippen molar-refractivity contribution in [1.29, 1.82) is 0 Å². The molecule has 0 bridgehead atoms. The SMILES string of the molecule is CC(C)Cn1nc2c(c1C=O)CN(C(=O)OC(C)(C)C)C2. The van der Waals surface area contributed by atoms with Crippen LogP contribution in [-0.4, -0.2) is 32.7 Å². The standard InChI is InChI=1S/C15H23N3O3/c1-10(2)6-18-13(9-19)11-7-17(8-12(11)16-18)14(20)21-15(3,4)5/h9-10H,6-8H2,1-5H3. The summed E-state index contributed by atoms with van der Waals surface area (Å²) in [7, 11) is 0. The number of aldehydes is 1. The van der Waals surface area contributed by atoms with E-state index in [1.807, 2.05) is 20.8 Å². The Bertz CT molecular complexity index is 555. The molecule has 6 heteroatoms. The molecule has 0 atom stereocenters. The average molecular weight is 293 g/mol. The van der Waals surface area contributed by atoms with Gasteiger partial charge in [0, 0.05) is 12.1 Å². The third-order valence-corrected chi connectivity index (χ3v) is 3.17. The third kappa shape index (κ3) is 3.43. The van der Waals surface area contributed by atoms with Gasteiger partial charge in [-0.25, -0.2) is 4.79 Å². The van der Waals surface area contributed by atoms with Crippen molar-refractivity contribution < 1.29 is 14.3 Å². The summed E-state index contributed by atoms with van der Waals surface area (Å²) in [6.07, 6.45) is 0.458. The number of aromatic nitrogens is 2. The Labute approximate surface area is 125 Å². The Morgan fingerprint density at radius 1 is 1.38 bits per heavy atom. The number of ether oxygens (including phenoxy) is 1. The van der Waals surface area contributed by atoms with Crippen molar-refractivity contribution in [2.24, 2.45) is 5.92 Å².